The average Bonchev–Trinajstić information content (AvgIpc) is 2.41. The molecule has 1 saturated carbocycles. The molecule has 0 heterocycles. The summed E-state index contributed by atoms with van der Waals surface area (Å²) >= 11 is 0. The van der Waals surface area contributed by atoms with Crippen molar-refractivity contribution in [3.05, 3.63) is 35.6 Å². The highest BCUT2D eigenvalue weighted by atomic mass is 19.1. The third-order valence-electron chi connectivity index (χ3n) is 3.71. The molecular weight excluding hydrogens is 249 g/mol. The van der Waals surface area contributed by atoms with Gasteiger partial charge >= 0.3 is 0 Å². The van der Waals surface area contributed by atoms with Gasteiger partial charge < -0.3 is 15.1 Å². The van der Waals surface area contributed by atoms with E-state index in [1.54, 1.807) is 6.07 Å². The molecule has 1 aromatic rings. The Morgan fingerprint density at radius 1 is 1.32 bits per heavy atom. The van der Waals surface area contributed by atoms with Gasteiger partial charge in [-0.05, 0) is 31.4 Å². The lowest BCUT2D eigenvalue weighted by Gasteiger charge is -2.37. The zero-order chi connectivity index (χ0) is 14.0. The molecule has 4 nitrogen and oxygen atoms in total. The quantitative estimate of drug-likeness (QED) is 0.845. The fourth-order valence-corrected chi connectivity index (χ4v) is 2.53. The SMILES string of the molecule is CN(C(=O)c1ccccc1F)[C@@H]1CCC[C@@H](O)[C@@H]1O. The molecule has 0 spiro atoms. The van der Waals surface area contributed by atoms with Crippen LogP contribution in [0.1, 0.15) is 29.6 Å². The first-order valence-electron chi connectivity index (χ1n) is 6.40. The van der Waals surface area contributed by atoms with E-state index in [4.69, 9.17) is 0 Å². The third-order valence-corrected chi connectivity index (χ3v) is 3.71. The van der Waals surface area contributed by atoms with Gasteiger partial charge in [0, 0.05) is 7.05 Å². The number of nitrogens with zero attached hydrogens (tertiary/aromatic N) is 1. The lowest BCUT2D eigenvalue weighted by Crippen LogP contribution is -2.51. The number of hydrogen-bond donors (Lipinski definition) is 2. The monoisotopic (exact) mass is 267 g/mol. The Balaban J connectivity index is 2.17. The van der Waals surface area contributed by atoms with E-state index in [-0.39, 0.29) is 5.56 Å². The van der Waals surface area contributed by atoms with Crippen LogP contribution >= 0.6 is 0 Å². The highest BCUT2D eigenvalue weighted by molar-refractivity contribution is 5.94. The molecule has 0 bridgehead atoms. The Bertz CT molecular complexity index is 466. The minimum atomic E-state index is -0.977. The zero-order valence-electron chi connectivity index (χ0n) is 10.8. The zero-order valence-corrected chi connectivity index (χ0v) is 10.8. The van der Waals surface area contributed by atoms with Crippen molar-refractivity contribution < 1.29 is 19.4 Å². The van der Waals surface area contributed by atoms with Gasteiger partial charge in [0.2, 0.25) is 0 Å². The van der Waals surface area contributed by atoms with Gasteiger partial charge in [0.05, 0.1) is 17.7 Å². The number of hydrogen-bond acceptors (Lipinski definition) is 3. The molecule has 5 heteroatoms. The van der Waals surface area contributed by atoms with Crippen LogP contribution in [0, 0.1) is 5.82 Å². The first-order valence-corrected chi connectivity index (χ1v) is 6.40. The van der Waals surface area contributed by atoms with Crippen molar-refractivity contribution in [1.82, 2.24) is 4.90 Å². The van der Waals surface area contributed by atoms with Crippen molar-refractivity contribution in [1.29, 1.82) is 0 Å². The molecular formula is C14H18FNO3. The molecule has 1 aliphatic carbocycles. The van der Waals surface area contributed by atoms with Crippen LogP contribution in [-0.2, 0) is 0 Å². The molecule has 1 aliphatic rings. The first kappa shape index (κ1) is 14.0. The number of carbonyl (C=O) groups excluding carboxylic acids is 1. The largest absolute Gasteiger partial charge is 0.390 e. The molecule has 2 rings (SSSR count). The molecule has 19 heavy (non-hydrogen) atoms. The van der Waals surface area contributed by atoms with Gasteiger partial charge in [0.1, 0.15) is 11.9 Å². The van der Waals surface area contributed by atoms with Crippen molar-refractivity contribution in [2.24, 2.45) is 0 Å². The van der Waals surface area contributed by atoms with Gasteiger partial charge in [-0.2, -0.15) is 0 Å². The van der Waals surface area contributed by atoms with E-state index in [9.17, 15) is 19.4 Å². The van der Waals surface area contributed by atoms with E-state index in [1.165, 1.54) is 30.1 Å². The van der Waals surface area contributed by atoms with E-state index in [2.05, 4.69) is 0 Å². The van der Waals surface area contributed by atoms with Gasteiger partial charge in [-0.3, -0.25) is 4.79 Å². The second-order valence-electron chi connectivity index (χ2n) is 4.95. The minimum absolute atomic E-state index is 0.0164. The fourth-order valence-electron chi connectivity index (χ4n) is 2.53. The van der Waals surface area contributed by atoms with E-state index in [1.807, 2.05) is 0 Å². The second-order valence-corrected chi connectivity index (χ2v) is 4.95. The number of amides is 1. The maximum Gasteiger partial charge on any atom is 0.256 e. The van der Waals surface area contributed by atoms with Gasteiger partial charge in [0.25, 0.3) is 5.91 Å². The van der Waals surface area contributed by atoms with Gasteiger partial charge in [-0.1, -0.05) is 12.1 Å². The molecule has 0 aliphatic heterocycles. The van der Waals surface area contributed by atoms with E-state index in [0.29, 0.717) is 12.8 Å². The summed E-state index contributed by atoms with van der Waals surface area (Å²) < 4.78 is 13.6. The molecule has 0 aromatic heterocycles. The summed E-state index contributed by atoms with van der Waals surface area (Å²) in [6.07, 6.45) is 0.0654. The summed E-state index contributed by atoms with van der Waals surface area (Å²) in [6, 6.07) is 5.28. The van der Waals surface area contributed by atoms with Crippen molar-refractivity contribution in [3.8, 4) is 0 Å². The molecule has 0 unspecified atom stereocenters. The number of aliphatic hydroxyl groups excluding tert-OH is 2. The van der Waals surface area contributed by atoms with E-state index < -0.39 is 30.0 Å². The summed E-state index contributed by atoms with van der Waals surface area (Å²) in [4.78, 5) is 13.5. The van der Waals surface area contributed by atoms with Gasteiger partial charge in [-0.15, -0.1) is 0 Å². The van der Waals surface area contributed by atoms with Crippen LogP contribution in [0.25, 0.3) is 0 Å². The van der Waals surface area contributed by atoms with Crippen molar-refractivity contribution >= 4 is 5.91 Å². The third kappa shape index (κ3) is 2.77. The number of likely N-dealkylation sites (N-methyl/N-ethyl adjacent to an activating group) is 1. The van der Waals surface area contributed by atoms with Crippen molar-refractivity contribution in [3.63, 3.8) is 0 Å². The number of benzene rings is 1. The predicted octanol–water partition coefficient (Wildman–Crippen LogP) is 1.17. The van der Waals surface area contributed by atoms with Crippen molar-refractivity contribution in [2.75, 3.05) is 7.05 Å². The normalized spacial score (nSPS) is 27.1. The van der Waals surface area contributed by atoms with Gasteiger partial charge in [-0.25, -0.2) is 4.39 Å². The van der Waals surface area contributed by atoms with E-state index in [0.717, 1.165) is 6.42 Å². The van der Waals surface area contributed by atoms with Crippen LogP contribution < -0.4 is 0 Å². The average molecular weight is 267 g/mol. The summed E-state index contributed by atoms with van der Waals surface area (Å²) in [5, 5.41) is 19.6. The maximum absolute atomic E-state index is 13.6. The Kier molecular flexibility index (Phi) is 4.17. The van der Waals surface area contributed by atoms with Crippen LogP contribution in [0.15, 0.2) is 24.3 Å². The second kappa shape index (κ2) is 5.67. The Morgan fingerprint density at radius 3 is 2.68 bits per heavy atom. The summed E-state index contributed by atoms with van der Waals surface area (Å²) in [5.41, 5.74) is -0.0164. The summed E-state index contributed by atoms with van der Waals surface area (Å²) in [7, 11) is 1.53. The molecule has 1 amide bonds. The standard InChI is InChI=1S/C14H18FNO3/c1-16(11-7-4-8-12(17)13(11)18)14(19)9-5-2-3-6-10(9)15/h2-3,5-6,11-13,17-18H,4,7-8H2,1H3/t11-,12-,13-/m1/s1. The molecule has 3 atom stereocenters. The molecule has 0 radical (unpaired) electrons. The number of rotatable bonds is 2. The van der Waals surface area contributed by atoms with Crippen molar-refractivity contribution in [2.45, 2.75) is 37.5 Å². The highest BCUT2D eigenvalue weighted by Crippen LogP contribution is 2.24. The highest BCUT2D eigenvalue weighted by Gasteiger charge is 2.35. The van der Waals surface area contributed by atoms with E-state index >= 15 is 0 Å². The first-order chi connectivity index (χ1) is 9.02. The maximum atomic E-state index is 13.6. The minimum Gasteiger partial charge on any atom is -0.390 e. The fraction of sp³-hybridized carbons (Fsp3) is 0.500. The lowest BCUT2D eigenvalue weighted by atomic mass is 9.89. The molecule has 1 fully saturated rings. The lowest BCUT2D eigenvalue weighted by molar-refractivity contribution is -0.0527. The topological polar surface area (TPSA) is 60.8 Å². The smallest absolute Gasteiger partial charge is 0.256 e. The molecule has 2 N–H and O–H groups in total. The molecule has 1 aromatic carbocycles. The molecule has 0 saturated heterocycles. The van der Waals surface area contributed by atoms with Crippen LogP contribution in [0.2, 0.25) is 0 Å². The predicted molar refractivity (Wildman–Crippen MR) is 68.1 cm³/mol. The summed E-state index contributed by atoms with van der Waals surface area (Å²) in [5.74, 6) is -1.05. The Morgan fingerprint density at radius 2 is 2.00 bits per heavy atom. The summed E-state index contributed by atoms with van der Waals surface area (Å²) in [6.45, 7) is 0. The number of aliphatic hydroxyl groups is 2. The number of halogens is 1. The van der Waals surface area contributed by atoms with Crippen LogP contribution in [0.4, 0.5) is 4.39 Å². The van der Waals surface area contributed by atoms with Crippen LogP contribution in [-0.4, -0.2) is 46.3 Å². The Hall–Kier alpha value is -1.46. The van der Waals surface area contributed by atoms with Crippen LogP contribution in [0.3, 0.4) is 0 Å². The molecule has 104 valence electrons. The number of carbonyl (C=O) groups is 1. The van der Waals surface area contributed by atoms with Gasteiger partial charge in [0.15, 0.2) is 0 Å². The van der Waals surface area contributed by atoms with Crippen LogP contribution in [0.5, 0.6) is 0 Å². The Labute approximate surface area is 111 Å².